The molecule has 39 heavy (non-hydrogen) atoms. The molecule has 216 valence electrons. The Bertz CT molecular complexity index is 1260. The smallest absolute Gasteiger partial charge is 0.390 e. The molecular weight excluding hydrogens is 535 g/mol. The van der Waals surface area contributed by atoms with Crippen LogP contribution in [0.25, 0.3) is 0 Å². The number of aliphatic hydroxyl groups excluding tert-OH is 1. The van der Waals surface area contributed by atoms with Crippen molar-refractivity contribution in [2.75, 3.05) is 36.3 Å². The molecule has 0 aliphatic heterocycles. The minimum Gasteiger partial charge on any atom is -0.390 e. The van der Waals surface area contributed by atoms with Crippen LogP contribution in [-0.4, -0.2) is 62.5 Å². The van der Waals surface area contributed by atoms with E-state index in [0.717, 1.165) is 22.9 Å². The van der Waals surface area contributed by atoms with E-state index in [1.54, 1.807) is 19.9 Å². The number of nitrogens with one attached hydrogen (secondary N) is 3. The highest BCUT2D eigenvalue weighted by molar-refractivity contribution is 7.93. The highest BCUT2D eigenvalue weighted by Crippen LogP contribution is 2.37. The molecule has 1 aliphatic carbocycles. The number of carbonyl (C=O) groups is 1. The number of hydrogen-bond donors (Lipinski definition) is 4. The number of aromatic nitrogens is 1. The number of amides is 1. The summed E-state index contributed by atoms with van der Waals surface area (Å²) in [4.78, 5) is 17.3. The van der Waals surface area contributed by atoms with Crippen LogP contribution in [0.1, 0.15) is 48.7 Å². The van der Waals surface area contributed by atoms with Gasteiger partial charge < -0.3 is 21.1 Å². The average Bonchev–Trinajstić information content (AvgIpc) is 3.59. The predicted molar refractivity (Wildman–Crippen MR) is 144 cm³/mol. The number of hydrogen-bond acceptors (Lipinski definition) is 7. The Morgan fingerprint density at radius 3 is 2.51 bits per heavy atom. The lowest BCUT2D eigenvalue weighted by molar-refractivity contribution is -0.137. The lowest BCUT2D eigenvalue weighted by Gasteiger charge is -2.22. The number of nitrogens with zero attached hydrogens (tertiary/aromatic N) is 2. The summed E-state index contributed by atoms with van der Waals surface area (Å²) in [7, 11) is -2.31. The van der Waals surface area contributed by atoms with Gasteiger partial charge in [0, 0.05) is 38.8 Å². The van der Waals surface area contributed by atoms with Crippen molar-refractivity contribution in [2.45, 2.75) is 51.3 Å². The molecule has 0 bridgehead atoms. The third-order valence-electron chi connectivity index (χ3n) is 6.66. The Labute approximate surface area is 227 Å². The number of carbonyl (C=O) groups excluding carboxylic acids is 1. The molecule has 1 aromatic heterocycles. The van der Waals surface area contributed by atoms with E-state index in [4.69, 9.17) is 0 Å². The lowest BCUT2D eigenvalue weighted by atomic mass is 10.1. The maximum Gasteiger partial charge on any atom is 0.416 e. The van der Waals surface area contributed by atoms with Gasteiger partial charge in [-0.15, -0.1) is 0 Å². The van der Waals surface area contributed by atoms with Crippen LogP contribution in [0.2, 0.25) is 0 Å². The third-order valence-corrected chi connectivity index (χ3v) is 8.80. The predicted octanol–water partition coefficient (Wildman–Crippen LogP) is 3.22. The zero-order valence-electron chi connectivity index (χ0n) is 22.4. The SMILES string of the molecule is CC(C)S(=O)(=O)N(C)c1cc(C(=O)NC[C@H](O)CNCc2cccc(C(F)(F)F)c2)cc(NC[C@H]2C[C@@H]2C)n1. The first-order valence-corrected chi connectivity index (χ1v) is 14.3. The van der Waals surface area contributed by atoms with Crippen LogP contribution >= 0.6 is 0 Å². The van der Waals surface area contributed by atoms with Gasteiger partial charge in [-0.2, -0.15) is 13.2 Å². The summed E-state index contributed by atoms with van der Waals surface area (Å²) in [6.45, 7) is 5.90. The molecule has 3 rings (SSSR count). The molecule has 4 N–H and O–H groups in total. The van der Waals surface area contributed by atoms with Gasteiger partial charge >= 0.3 is 6.18 Å². The topological polar surface area (TPSA) is 124 Å². The van der Waals surface area contributed by atoms with Gasteiger partial charge in [-0.3, -0.25) is 9.10 Å². The molecule has 0 radical (unpaired) electrons. The Morgan fingerprint density at radius 2 is 1.90 bits per heavy atom. The number of benzene rings is 1. The third kappa shape index (κ3) is 8.54. The molecule has 1 amide bonds. The van der Waals surface area contributed by atoms with E-state index in [-0.39, 0.29) is 31.0 Å². The summed E-state index contributed by atoms with van der Waals surface area (Å²) < 4.78 is 65.1. The summed E-state index contributed by atoms with van der Waals surface area (Å²) in [6.07, 6.45) is -4.37. The minimum atomic E-state index is -4.44. The normalized spacial score (nSPS) is 18.1. The number of rotatable bonds is 13. The summed E-state index contributed by atoms with van der Waals surface area (Å²) in [6, 6.07) is 7.79. The van der Waals surface area contributed by atoms with Crippen molar-refractivity contribution in [3.05, 3.63) is 53.1 Å². The van der Waals surface area contributed by atoms with Gasteiger partial charge in [0.05, 0.1) is 16.9 Å². The maximum atomic E-state index is 12.9. The molecule has 0 saturated heterocycles. The van der Waals surface area contributed by atoms with Gasteiger partial charge in [-0.05, 0) is 55.9 Å². The van der Waals surface area contributed by atoms with Gasteiger partial charge in [-0.25, -0.2) is 13.4 Å². The molecule has 1 fully saturated rings. The van der Waals surface area contributed by atoms with E-state index in [1.165, 1.54) is 25.2 Å². The molecular formula is C26H36F3N5O4S. The number of halogens is 3. The van der Waals surface area contributed by atoms with E-state index in [2.05, 4.69) is 27.9 Å². The summed E-state index contributed by atoms with van der Waals surface area (Å²) in [5.74, 6) is 1.00. The maximum absolute atomic E-state index is 12.9. The van der Waals surface area contributed by atoms with Crippen LogP contribution in [0.15, 0.2) is 36.4 Å². The van der Waals surface area contributed by atoms with Crippen molar-refractivity contribution in [3.63, 3.8) is 0 Å². The lowest BCUT2D eigenvalue weighted by Crippen LogP contribution is -2.38. The fourth-order valence-electron chi connectivity index (χ4n) is 3.89. The van der Waals surface area contributed by atoms with Crippen LogP contribution in [0, 0.1) is 11.8 Å². The number of pyridine rings is 1. The first kappa shape index (κ1) is 30.6. The summed E-state index contributed by atoms with van der Waals surface area (Å²) in [5.41, 5.74) is -0.175. The van der Waals surface area contributed by atoms with Crippen LogP contribution in [-0.2, 0) is 22.7 Å². The van der Waals surface area contributed by atoms with Crippen LogP contribution in [0.3, 0.4) is 0 Å². The highest BCUT2D eigenvalue weighted by atomic mass is 32.2. The van der Waals surface area contributed by atoms with Crippen molar-refractivity contribution < 1.29 is 31.5 Å². The van der Waals surface area contributed by atoms with E-state index < -0.39 is 39.0 Å². The second-order valence-electron chi connectivity index (χ2n) is 10.2. The number of sulfonamides is 1. The van der Waals surface area contributed by atoms with Crippen molar-refractivity contribution >= 4 is 27.6 Å². The first-order valence-electron chi connectivity index (χ1n) is 12.7. The second kappa shape index (κ2) is 12.5. The monoisotopic (exact) mass is 571 g/mol. The zero-order valence-corrected chi connectivity index (χ0v) is 23.2. The molecule has 1 saturated carbocycles. The largest absolute Gasteiger partial charge is 0.416 e. The molecule has 9 nitrogen and oxygen atoms in total. The van der Waals surface area contributed by atoms with Gasteiger partial charge in [0.25, 0.3) is 5.91 Å². The standard InChI is InChI=1S/C26H36F3N5O4S/c1-16(2)39(37,38)34(4)24-11-19(10-23(33-24)31-13-20-8-17(20)3)25(36)32-15-22(35)14-30-12-18-6-5-7-21(9-18)26(27,28)29/h5-7,9-11,16-17,20,22,30,35H,8,12-15H2,1-4H3,(H,31,33)(H,32,36)/t17-,20+,22+/m0/s1. The molecule has 2 aromatic rings. The van der Waals surface area contributed by atoms with Crippen LogP contribution in [0.4, 0.5) is 24.8 Å². The van der Waals surface area contributed by atoms with Gasteiger partial charge in [0.1, 0.15) is 11.6 Å². The molecule has 1 heterocycles. The zero-order chi connectivity index (χ0) is 29.0. The van der Waals surface area contributed by atoms with E-state index >= 15 is 0 Å². The number of aliphatic hydroxyl groups is 1. The van der Waals surface area contributed by atoms with E-state index in [9.17, 15) is 31.5 Å². The average molecular weight is 572 g/mol. The van der Waals surface area contributed by atoms with E-state index in [0.29, 0.717) is 29.8 Å². The Hall–Kier alpha value is -2.90. The molecule has 3 atom stereocenters. The van der Waals surface area contributed by atoms with E-state index in [1.807, 2.05) is 0 Å². The quantitative estimate of drug-likeness (QED) is 0.291. The van der Waals surface area contributed by atoms with Crippen molar-refractivity contribution in [2.24, 2.45) is 11.8 Å². The van der Waals surface area contributed by atoms with Crippen molar-refractivity contribution in [3.8, 4) is 0 Å². The molecule has 0 unspecified atom stereocenters. The second-order valence-corrected chi connectivity index (χ2v) is 12.7. The summed E-state index contributed by atoms with van der Waals surface area (Å²) >= 11 is 0. The summed E-state index contributed by atoms with van der Waals surface area (Å²) in [5, 5.41) is 18.3. The highest BCUT2D eigenvalue weighted by Gasteiger charge is 2.32. The fraction of sp³-hybridized carbons (Fsp3) is 0.538. The van der Waals surface area contributed by atoms with Crippen molar-refractivity contribution in [1.29, 1.82) is 0 Å². The van der Waals surface area contributed by atoms with Crippen molar-refractivity contribution in [1.82, 2.24) is 15.6 Å². The Kier molecular flexibility index (Phi) is 9.83. The molecule has 1 aromatic carbocycles. The van der Waals surface area contributed by atoms with Gasteiger partial charge in [0.2, 0.25) is 10.0 Å². The first-order chi connectivity index (χ1) is 18.2. The Morgan fingerprint density at radius 1 is 1.21 bits per heavy atom. The molecule has 13 heteroatoms. The number of anilines is 2. The Balaban J connectivity index is 1.61. The molecule has 1 aliphatic rings. The van der Waals surface area contributed by atoms with Crippen LogP contribution < -0.4 is 20.3 Å². The minimum absolute atomic E-state index is 0.0276. The fourth-order valence-corrected chi connectivity index (χ4v) is 4.88. The van der Waals surface area contributed by atoms with Gasteiger partial charge in [0.15, 0.2) is 0 Å². The van der Waals surface area contributed by atoms with Crippen LogP contribution in [0.5, 0.6) is 0 Å². The molecule has 0 spiro atoms. The number of alkyl halides is 3. The van der Waals surface area contributed by atoms with Gasteiger partial charge in [-0.1, -0.05) is 25.1 Å².